The molecule has 2 aromatic carbocycles. The van der Waals surface area contributed by atoms with E-state index in [2.05, 4.69) is 20.5 Å². The van der Waals surface area contributed by atoms with Gasteiger partial charge >= 0.3 is 0 Å². The summed E-state index contributed by atoms with van der Waals surface area (Å²) >= 11 is 0. The molecule has 0 radical (unpaired) electrons. The number of nitrogens with zero attached hydrogens (tertiary/aromatic N) is 2. The molecule has 0 spiro atoms. The SMILES string of the molecule is COc1ccc(Nc2cc(NCCOc3ccccc3)ccn2)cc1OCCCN1CCCC1. The van der Waals surface area contributed by atoms with Crippen molar-refractivity contribution in [1.29, 1.82) is 0 Å². The van der Waals surface area contributed by atoms with Crippen LogP contribution in [0.1, 0.15) is 19.3 Å². The maximum Gasteiger partial charge on any atom is 0.163 e. The van der Waals surface area contributed by atoms with E-state index in [0.717, 1.165) is 47.4 Å². The van der Waals surface area contributed by atoms with E-state index in [1.165, 1.54) is 25.9 Å². The molecule has 4 rings (SSSR count). The van der Waals surface area contributed by atoms with Gasteiger partial charge in [-0.3, -0.25) is 0 Å². The number of rotatable bonds is 13. The number of methoxy groups -OCH3 is 1. The largest absolute Gasteiger partial charge is 0.493 e. The van der Waals surface area contributed by atoms with Gasteiger partial charge in [-0.05, 0) is 62.7 Å². The number of ether oxygens (including phenoxy) is 3. The molecular formula is C27H34N4O3. The van der Waals surface area contributed by atoms with Crippen molar-refractivity contribution in [2.45, 2.75) is 19.3 Å². The van der Waals surface area contributed by atoms with Gasteiger partial charge in [0.05, 0.1) is 13.7 Å². The molecule has 2 N–H and O–H groups in total. The number of pyridine rings is 1. The number of para-hydroxylation sites is 1. The molecule has 3 aromatic rings. The Balaban J connectivity index is 1.27. The first-order valence-electron chi connectivity index (χ1n) is 12.0. The maximum atomic E-state index is 6.05. The Morgan fingerprint density at radius 2 is 1.74 bits per heavy atom. The number of hydrogen-bond donors (Lipinski definition) is 2. The van der Waals surface area contributed by atoms with Crippen molar-refractivity contribution < 1.29 is 14.2 Å². The molecule has 1 aliphatic rings. The topological polar surface area (TPSA) is 67.9 Å². The lowest BCUT2D eigenvalue weighted by Gasteiger charge is -2.16. The number of hydrogen-bond acceptors (Lipinski definition) is 7. The van der Waals surface area contributed by atoms with Crippen LogP contribution in [-0.2, 0) is 0 Å². The summed E-state index contributed by atoms with van der Waals surface area (Å²) in [6, 6.07) is 19.6. The molecule has 0 bridgehead atoms. The molecule has 7 heteroatoms. The minimum Gasteiger partial charge on any atom is -0.493 e. The Bertz CT molecular complexity index is 1010. The van der Waals surface area contributed by atoms with Gasteiger partial charge in [0.2, 0.25) is 0 Å². The number of aromatic nitrogens is 1. The van der Waals surface area contributed by atoms with E-state index >= 15 is 0 Å². The summed E-state index contributed by atoms with van der Waals surface area (Å²) in [5.74, 6) is 3.09. The van der Waals surface area contributed by atoms with Crippen molar-refractivity contribution in [3.05, 3.63) is 66.9 Å². The van der Waals surface area contributed by atoms with Gasteiger partial charge in [-0.1, -0.05) is 18.2 Å². The van der Waals surface area contributed by atoms with Crippen LogP contribution >= 0.6 is 0 Å². The summed E-state index contributed by atoms with van der Waals surface area (Å²) in [5.41, 5.74) is 1.87. The monoisotopic (exact) mass is 462 g/mol. The van der Waals surface area contributed by atoms with E-state index in [-0.39, 0.29) is 0 Å². The first kappa shape index (κ1) is 23.7. The minimum absolute atomic E-state index is 0.575. The smallest absolute Gasteiger partial charge is 0.163 e. The van der Waals surface area contributed by atoms with Crippen molar-refractivity contribution in [2.75, 3.05) is 57.1 Å². The van der Waals surface area contributed by atoms with Gasteiger partial charge in [0.1, 0.15) is 18.2 Å². The lowest BCUT2D eigenvalue weighted by molar-refractivity contribution is 0.254. The number of benzene rings is 2. The predicted molar refractivity (Wildman–Crippen MR) is 137 cm³/mol. The second-order valence-electron chi connectivity index (χ2n) is 8.26. The summed E-state index contributed by atoms with van der Waals surface area (Å²) in [6.45, 7) is 5.44. The normalized spacial score (nSPS) is 13.4. The zero-order valence-electron chi connectivity index (χ0n) is 19.8. The zero-order chi connectivity index (χ0) is 23.4. The fourth-order valence-corrected chi connectivity index (χ4v) is 3.98. The highest BCUT2D eigenvalue weighted by Crippen LogP contribution is 2.31. The van der Waals surface area contributed by atoms with Crippen LogP contribution in [0, 0.1) is 0 Å². The van der Waals surface area contributed by atoms with Gasteiger partial charge in [-0.2, -0.15) is 0 Å². The van der Waals surface area contributed by atoms with Crippen LogP contribution < -0.4 is 24.8 Å². The highest BCUT2D eigenvalue weighted by atomic mass is 16.5. The molecule has 180 valence electrons. The third-order valence-corrected chi connectivity index (χ3v) is 5.71. The van der Waals surface area contributed by atoms with E-state index in [9.17, 15) is 0 Å². The average molecular weight is 463 g/mol. The highest BCUT2D eigenvalue weighted by molar-refractivity contribution is 5.64. The predicted octanol–water partition coefficient (Wildman–Crippen LogP) is 5.19. The summed E-state index contributed by atoms with van der Waals surface area (Å²) in [6.07, 6.45) is 5.41. The van der Waals surface area contributed by atoms with Gasteiger partial charge in [0.15, 0.2) is 11.5 Å². The average Bonchev–Trinajstić information content (AvgIpc) is 3.39. The molecule has 0 aliphatic carbocycles. The van der Waals surface area contributed by atoms with Crippen LogP contribution in [0.15, 0.2) is 66.9 Å². The Labute approximate surface area is 202 Å². The fourth-order valence-electron chi connectivity index (χ4n) is 3.98. The fraction of sp³-hybridized carbons (Fsp3) is 0.370. The number of nitrogens with one attached hydrogen (secondary N) is 2. The van der Waals surface area contributed by atoms with Crippen LogP contribution in [0.4, 0.5) is 17.2 Å². The van der Waals surface area contributed by atoms with Crippen LogP contribution in [0.25, 0.3) is 0 Å². The van der Waals surface area contributed by atoms with Gasteiger partial charge in [-0.25, -0.2) is 4.98 Å². The van der Waals surface area contributed by atoms with Crippen LogP contribution in [0.3, 0.4) is 0 Å². The molecular weight excluding hydrogens is 428 g/mol. The third-order valence-electron chi connectivity index (χ3n) is 5.71. The molecule has 2 heterocycles. The van der Waals surface area contributed by atoms with E-state index in [0.29, 0.717) is 19.8 Å². The van der Waals surface area contributed by atoms with Crippen molar-refractivity contribution >= 4 is 17.2 Å². The molecule has 34 heavy (non-hydrogen) atoms. The van der Waals surface area contributed by atoms with Gasteiger partial charge < -0.3 is 29.7 Å². The van der Waals surface area contributed by atoms with E-state index in [4.69, 9.17) is 14.2 Å². The van der Waals surface area contributed by atoms with E-state index < -0.39 is 0 Å². The lowest BCUT2D eigenvalue weighted by Crippen LogP contribution is -2.21. The van der Waals surface area contributed by atoms with E-state index in [1.807, 2.05) is 60.7 Å². The molecule has 1 aliphatic heterocycles. The molecule has 0 atom stereocenters. The first-order chi connectivity index (χ1) is 16.8. The van der Waals surface area contributed by atoms with Crippen molar-refractivity contribution in [3.63, 3.8) is 0 Å². The molecule has 0 unspecified atom stereocenters. The third kappa shape index (κ3) is 7.28. The molecule has 1 fully saturated rings. The molecule has 0 saturated carbocycles. The Morgan fingerprint density at radius 3 is 2.56 bits per heavy atom. The molecule has 1 saturated heterocycles. The first-order valence-corrected chi connectivity index (χ1v) is 12.0. The lowest BCUT2D eigenvalue weighted by atomic mass is 10.2. The molecule has 1 aromatic heterocycles. The summed E-state index contributed by atoms with van der Waals surface area (Å²) < 4.78 is 17.3. The van der Waals surface area contributed by atoms with E-state index in [1.54, 1.807) is 13.3 Å². The Kier molecular flexibility index (Phi) is 8.85. The van der Waals surface area contributed by atoms with Crippen LogP contribution in [0.5, 0.6) is 17.2 Å². The molecule has 7 nitrogen and oxygen atoms in total. The molecule has 0 amide bonds. The van der Waals surface area contributed by atoms with Crippen molar-refractivity contribution in [3.8, 4) is 17.2 Å². The minimum atomic E-state index is 0.575. The maximum absolute atomic E-state index is 6.05. The highest BCUT2D eigenvalue weighted by Gasteiger charge is 2.11. The summed E-state index contributed by atoms with van der Waals surface area (Å²) in [5, 5.41) is 6.74. The van der Waals surface area contributed by atoms with Crippen molar-refractivity contribution in [2.24, 2.45) is 0 Å². The van der Waals surface area contributed by atoms with Gasteiger partial charge in [0, 0.05) is 42.8 Å². The standard InChI is InChI=1S/C27H34N4O3/c1-32-25-11-10-23(20-26(25)34-18-7-17-31-15-5-6-16-31)30-27-21-22(12-13-29-27)28-14-19-33-24-8-3-2-4-9-24/h2-4,8-13,20-21H,5-7,14-19H2,1H3,(H2,28,29,30). The summed E-state index contributed by atoms with van der Waals surface area (Å²) in [7, 11) is 1.66. The number of anilines is 3. The van der Waals surface area contributed by atoms with Gasteiger partial charge in [0.25, 0.3) is 0 Å². The van der Waals surface area contributed by atoms with Crippen molar-refractivity contribution in [1.82, 2.24) is 9.88 Å². The van der Waals surface area contributed by atoms with Gasteiger partial charge in [-0.15, -0.1) is 0 Å². The Morgan fingerprint density at radius 1 is 0.882 bits per heavy atom. The quantitative estimate of drug-likeness (QED) is 0.339. The van der Waals surface area contributed by atoms with Crippen LogP contribution in [0.2, 0.25) is 0 Å². The zero-order valence-corrected chi connectivity index (χ0v) is 19.8. The second kappa shape index (κ2) is 12.7. The van der Waals surface area contributed by atoms with Crippen LogP contribution in [-0.4, -0.2) is 56.4 Å². The Hall–Kier alpha value is -3.45. The second-order valence-corrected chi connectivity index (χ2v) is 8.26. The summed E-state index contributed by atoms with van der Waals surface area (Å²) in [4.78, 5) is 6.94. The number of likely N-dealkylation sites (tertiary alicyclic amines) is 1.